The number of carbonyl (C=O) groups excluding carboxylic acids is 2. The summed E-state index contributed by atoms with van der Waals surface area (Å²) < 4.78 is 1.69. The van der Waals surface area contributed by atoms with E-state index in [1.54, 1.807) is 4.68 Å². The number of benzene rings is 1. The number of amides is 3. The number of rotatable bonds is 5. The van der Waals surface area contributed by atoms with Gasteiger partial charge >= 0.3 is 6.09 Å². The van der Waals surface area contributed by atoms with Gasteiger partial charge in [-0.3, -0.25) is 14.5 Å². The predicted molar refractivity (Wildman–Crippen MR) is 111 cm³/mol. The second-order valence-corrected chi connectivity index (χ2v) is 7.01. The van der Waals surface area contributed by atoms with Crippen LogP contribution in [0, 0.1) is 6.92 Å². The van der Waals surface area contributed by atoms with Gasteiger partial charge in [-0.05, 0) is 25.1 Å². The monoisotopic (exact) mass is 436 g/mol. The first-order valence-corrected chi connectivity index (χ1v) is 9.22. The van der Waals surface area contributed by atoms with E-state index in [9.17, 15) is 19.5 Å². The van der Waals surface area contributed by atoms with Crippen molar-refractivity contribution in [3.8, 4) is 5.69 Å². The number of hydrogen-bond donors (Lipinski definition) is 3. The zero-order valence-corrected chi connectivity index (χ0v) is 17.3. The molecule has 2 aromatic rings. The Labute approximate surface area is 179 Å². The van der Waals surface area contributed by atoms with Crippen molar-refractivity contribution in [1.29, 1.82) is 0 Å². The lowest BCUT2D eigenvalue weighted by atomic mass is 10.1. The summed E-state index contributed by atoms with van der Waals surface area (Å²) in [5.41, 5.74) is 13.1. The molecule has 162 valence electrons. The third-order valence-corrected chi connectivity index (χ3v) is 4.88. The molecule has 1 saturated heterocycles. The zero-order chi connectivity index (χ0) is 21.1. The minimum atomic E-state index is -1.08. The molecule has 11 heteroatoms. The minimum absolute atomic E-state index is 0. The summed E-state index contributed by atoms with van der Waals surface area (Å²) in [7, 11) is 0. The summed E-state index contributed by atoms with van der Waals surface area (Å²) in [6.45, 7) is 2.23. The van der Waals surface area contributed by atoms with Crippen molar-refractivity contribution in [2.24, 2.45) is 11.5 Å². The van der Waals surface area contributed by atoms with Gasteiger partial charge in [-0.25, -0.2) is 9.48 Å². The predicted octanol–water partition coefficient (Wildman–Crippen LogP) is 0.669. The molecule has 0 radical (unpaired) electrons. The molecule has 5 N–H and O–H groups in total. The molecule has 3 amide bonds. The summed E-state index contributed by atoms with van der Waals surface area (Å²) in [4.78, 5) is 38.4. The van der Waals surface area contributed by atoms with Gasteiger partial charge in [0.1, 0.15) is 0 Å². The van der Waals surface area contributed by atoms with Gasteiger partial charge in [-0.2, -0.15) is 5.10 Å². The Hall–Kier alpha value is -3.11. The summed E-state index contributed by atoms with van der Waals surface area (Å²) in [5, 5.41) is 14.2. The molecule has 3 rings (SSSR count). The van der Waals surface area contributed by atoms with Crippen LogP contribution in [0.5, 0.6) is 0 Å². The van der Waals surface area contributed by atoms with E-state index >= 15 is 0 Å². The topological polar surface area (TPSA) is 148 Å². The molecule has 1 aliphatic heterocycles. The number of nitrogens with two attached hydrogens (primary N) is 2. The van der Waals surface area contributed by atoms with E-state index in [1.165, 1.54) is 9.80 Å². The van der Waals surface area contributed by atoms with E-state index in [2.05, 4.69) is 5.10 Å². The molecular weight excluding hydrogens is 412 g/mol. The second-order valence-electron chi connectivity index (χ2n) is 7.01. The lowest BCUT2D eigenvalue weighted by molar-refractivity contribution is -0.137. The fourth-order valence-electron chi connectivity index (χ4n) is 3.54. The van der Waals surface area contributed by atoms with Gasteiger partial charge in [-0.15, -0.1) is 12.4 Å². The highest BCUT2D eigenvalue weighted by Crippen LogP contribution is 2.28. The number of hydrogen-bond acceptors (Lipinski definition) is 5. The average molecular weight is 437 g/mol. The van der Waals surface area contributed by atoms with Crippen LogP contribution in [0.15, 0.2) is 36.4 Å². The Morgan fingerprint density at radius 2 is 1.90 bits per heavy atom. The van der Waals surface area contributed by atoms with Crippen molar-refractivity contribution in [2.45, 2.75) is 25.4 Å². The molecule has 1 aromatic heterocycles. The van der Waals surface area contributed by atoms with Crippen LogP contribution in [-0.2, 0) is 9.59 Å². The number of aromatic nitrogens is 2. The van der Waals surface area contributed by atoms with Crippen molar-refractivity contribution in [3.63, 3.8) is 0 Å². The van der Waals surface area contributed by atoms with Gasteiger partial charge in [0, 0.05) is 19.6 Å². The summed E-state index contributed by atoms with van der Waals surface area (Å²) in [5.74, 6) is -1.09. The molecule has 0 spiro atoms. The molecule has 10 nitrogen and oxygen atoms in total. The third kappa shape index (κ3) is 4.89. The van der Waals surface area contributed by atoms with Crippen LogP contribution in [0.1, 0.15) is 23.9 Å². The van der Waals surface area contributed by atoms with Gasteiger partial charge in [0.2, 0.25) is 11.8 Å². The number of halogens is 1. The second kappa shape index (κ2) is 9.59. The van der Waals surface area contributed by atoms with Crippen molar-refractivity contribution < 1.29 is 19.5 Å². The van der Waals surface area contributed by atoms with E-state index in [4.69, 9.17) is 11.5 Å². The summed E-state index contributed by atoms with van der Waals surface area (Å²) >= 11 is 0. The SMILES string of the molecule is Cc1cc([C@@H]2CN(C(=O)C(N)CC(N)=O)CCN2C(=O)O)n(-c2ccccc2)n1.Cl. The molecule has 1 fully saturated rings. The summed E-state index contributed by atoms with van der Waals surface area (Å²) in [6, 6.07) is 9.48. The number of nitrogens with zero attached hydrogens (tertiary/aromatic N) is 4. The van der Waals surface area contributed by atoms with Gasteiger partial charge in [0.05, 0.1) is 35.6 Å². The van der Waals surface area contributed by atoms with E-state index in [0.717, 1.165) is 11.4 Å². The van der Waals surface area contributed by atoms with Gasteiger partial charge < -0.3 is 21.5 Å². The maximum atomic E-state index is 12.7. The molecule has 2 atom stereocenters. The number of para-hydroxylation sites is 1. The smallest absolute Gasteiger partial charge is 0.407 e. The minimum Gasteiger partial charge on any atom is -0.465 e. The maximum absolute atomic E-state index is 12.7. The number of carbonyl (C=O) groups is 3. The highest BCUT2D eigenvalue weighted by atomic mass is 35.5. The van der Waals surface area contributed by atoms with E-state index in [1.807, 2.05) is 43.3 Å². The summed E-state index contributed by atoms with van der Waals surface area (Å²) in [6.07, 6.45) is -1.34. The average Bonchev–Trinajstić information content (AvgIpc) is 3.08. The Kier molecular flexibility index (Phi) is 7.41. The molecule has 0 aliphatic carbocycles. The van der Waals surface area contributed by atoms with E-state index in [-0.39, 0.29) is 38.5 Å². The number of carboxylic acid groups (broad SMARTS) is 1. The lowest BCUT2D eigenvalue weighted by Gasteiger charge is -2.40. The van der Waals surface area contributed by atoms with Crippen LogP contribution in [0.2, 0.25) is 0 Å². The molecule has 0 saturated carbocycles. The first-order chi connectivity index (χ1) is 13.8. The highest BCUT2D eigenvalue weighted by molar-refractivity contribution is 5.87. The number of primary amides is 1. The molecule has 30 heavy (non-hydrogen) atoms. The van der Waals surface area contributed by atoms with Gasteiger partial charge in [0.15, 0.2) is 0 Å². The largest absolute Gasteiger partial charge is 0.465 e. The Balaban J connectivity index is 0.00000320. The van der Waals surface area contributed by atoms with Crippen molar-refractivity contribution in [2.75, 3.05) is 19.6 Å². The van der Waals surface area contributed by atoms with E-state index < -0.39 is 30.0 Å². The normalized spacial score (nSPS) is 17.2. The van der Waals surface area contributed by atoms with Crippen molar-refractivity contribution >= 4 is 30.3 Å². The Morgan fingerprint density at radius 1 is 1.23 bits per heavy atom. The molecule has 1 unspecified atom stereocenters. The van der Waals surface area contributed by atoms with Crippen molar-refractivity contribution in [1.82, 2.24) is 19.6 Å². The lowest BCUT2D eigenvalue weighted by Crippen LogP contribution is -2.56. The van der Waals surface area contributed by atoms with Gasteiger partial charge in [-0.1, -0.05) is 18.2 Å². The Bertz CT molecular complexity index is 919. The number of piperazine rings is 1. The molecule has 0 bridgehead atoms. The first kappa shape index (κ1) is 23.2. The van der Waals surface area contributed by atoms with Crippen LogP contribution < -0.4 is 11.5 Å². The van der Waals surface area contributed by atoms with Crippen molar-refractivity contribution in [3.05, 3.63) is 47.8 Å². The fourth-order valence-corrected chi connectivity index (χ4v) is 3.54. The fraction of sp³-hybridized carbons (Fsp3) is 0.368. The molecular formula is C19H25ClN6O4. The van der Waals surface area contributed by atoms with Crippen LogP contribution >= 0.6 is 12.4 Å². The first-order valence-electron chi connectivity index (χ1n) is 9.22. The quantitative estimate of drug-likeness (QED) is 0.627. The van der Waals surface area contributed by atoms with Crippen LogP contribution in [0.4, 0.5) is 4.79 Å². The van der Waals surface area contributed by atoms with Crippen LogP contribution in [0.3, 0.4) is 0 Å². The van der Waals surface area contributed by atoms with Gasteiger partial charge in [0.25, 0.3) is 0 Å². The molecule has 2 heterocycles. The number of aryl methyl sites for hydroxylation is 1. The molecule has 1 aliphatic rings. The third-order valence-electron chi connectivity index (χ3n) is 4.88. The highest BCUT2D eigenvalue weighted by Gasteiger charge is 2.37. The molecule has 1 aromatic carbocycles. The van der Waals surface area contributed by atoms with Crippen LogP contribution in [0.25, 0.3) is 5.69 Å². The zero-order valence-electron chi connectivity index (χ0n) is 16.5. The van der Waals surface area contributed by atoms with E-state index in [0.29, 0.717) is 5.69 Å². The Morgan fingerprint density at radius 3 is 2.50 bits per heavy atom. The van der Waals surface area contributed by atoms with Crippen LogP contribution in [-0.4, -0.2) is 68.3 Å². The maximum Gasteiger partial charge on any atom is 0.407 e. The standard InChI is InChI=1S/C19H24N6O4.ClH/c1-12-9-15(25(22-12)13-5-3-2-4-6-13)16-11-23(7-8-24(16)19(28)29)18(27)14(20)10-17(21)26;/h2-6,9,14,16H,7-8,10-11,20H2,1H3,(H2,21,26)(H,28,29);1H/t14?,16-;/m0./s1.